The van der Waals surface area contributed by atoms with Crippen LogP contribution in [0.4, 0.5) is 0 Å². The normalized spacial score (nSPS) is 13.3. The molecule has 0 aliphatic carbocycles. The van der Waals surface area contributed by atoms with Crippen molar-refractivity contribution < 1.29 is 13.2 Å². The Kier molecular flexibility index (Phi) is 5.10. The molecule has 0 radical (unpaired) electrons. The van der Waals surface area contributed by atoms with Gasteiger partial charge in [-0.05, 0) is 24.8 Å². The van der Waals surface area contributed by atoms with Gasteiger partial charge in [-0.3, -0.25) is 4.79 Å². The fourth-order valence-corrected chi connectivity index (χ4v) is 3.10. The van der Waals surface area contributed by atoms with Crippen molar-refractivity contribution in [2.45, 2.75) is 30.5 Å². The largest absolute Gasteiger partial charge is 0.353 e. The molecule has 0 saturated heterocycles. The second-order valence-corrected chi connectivity index (χ2v) is 6.57. The van der Waals surface area contributed by atoms with E-state index in [0.717, 1.165) is 17.8 Å². The highest BCUT2D eigenvalue weighted by molar-refractivity contribution is 7.91. The van der Waals surface area contributed by atoms with Gasteiger partial charge in [0.2, 0.25) is 5.91 Å². The molecular formula is C10H16N2O3S2. The van der Waals surface area contributed by atoms with Crippen molar-refractivity contribution >= 4 is 27.3 Å². The summed E-state index contributed by atoms with van der Waals surface area (Å²) in [7, 11) is -3.55. The summed E-state index contributed by atoms with van der Waals surface area (Å²) in [6, 6.07) is 3.20. The van der Waals surface area contributed by atoms with E-state index in [0.29, 0.717) is 0 Å². The number of hydrogen-bond acceptors (Lipinski definition) is 4. The van der Waals surface area contributed by atoms with Gasteiger partial charge in [0, 0.05) is 6.04 Å². The first-order chi connectivity index (χ1) is 7.95. The highest BCUT2D eigenvalue weighted by atomic mass is 32.2. The lowest BCUT2D eigenvalue weighted by atomic mass is 10.2. The predicted octanol–water partition coefficient (Wildman–Crippen LogP) is 0.941. The van der Waals surface area contributed by atoms with Crippen molar-refractivity contribution in [3.63, 3.8) is 0 Å². The van der Waals surface area contributed by atoms with Crippen LogP contribution in [0.15, 0.2) is 21.7 Å². The van der Waals surface area contributed by atoms with Crippen molar-refractivity contribution in [2.24, 2.45) is 0 Å². The third-order valence-corrected chi connectivity index (χ3v) is 5.00. The minimum atomic E-state index is -3.55. The number of hydrogen-bond donors (Lipinski definition) is 2. The Morgan fingerprint density at radius 1 is 1.53 bits per heavy atom. The maximum absolute atomic E-state index is 11.7. The highest BCUT2D eigenvalue weighted by Gasteiger charge is 2.16. The standard InChI is InChI=1S/C10H16N2O3S2/c1-3-8(2)12-9(13)7-11-17(14,15)10-5-4-6-16-10/h4-6,8,11H,3,7H2,1-2H3,(H,12,13)/t8-/m1/s1. The second-order valence-electron chi connectivity index (χ2n) is 3.63. The van der Waals surface area contributed by atoms with Crippen molar-refractivity contribution in [1.29, 1.82) is 0 Å². The van der Waals surface area contributed by atoms with Crippen molar-refractivity contribution in [3.8, 4) is 0 Å². The molecule has 0 aromatic carbocycles. The van der Waals surface area contributed by atoms with E-state index >= 15 is 0 Å². The van der Waals surface area contributed by atoms with E-state index in [9.17, 15) is 13.2 Å². The lowest BCUT2D eigenvalue weighted by Gasteiger charge is -2.11. The van der Waals surface area contributed by atoms with Crippen molar-refractivity contribution in [2.75, 3.05) is 6.54 Å². The van der Waals surface area contributed by atoms with Crippen LogP contribution in [0.2, 0.25) is 0 Å². The van der Waals surface area contributed by atoms with Crippen LogP contribution in [0.1, 0.15) is 20.3 Å². The minimum Gasteiger partial charge on any atom is -0.353 e. The van der Waals surface area contributed by atoms with E-state index in [4.69, 9.17) is 0 Å². The first-order valence-corrected chi connectivity index (χ1v) is 7.64. The fourth-order valence-electron chi connectivity index (χ4n) is 1.08. The Balaban J connectivity index is 2.49. The summed E-state index contributed by atoms with van der Waals surface area (Å²) in [4.78, 5) is 11.4. The minimum absolute atomic E-state index is 0.0498. The number of nitrogens with one attached hydrogen (secondary N) is 2. The van der Waals surface area contributed by atoms with Gasteiger partial charge in [0.15, 0.2) is 0 Å². The topological polar surface area (TPSA) is 75.3 Å². The Hall–Kier alpha value is -0.920. The molecule has 17 heavy (non-hydrogen) atoms. The zero-order chi connectivity index (χ0) is 12.9. The van der Waals surface area contributed by atoms with Crippen LogP contribution >= 0.6 is 11.3 Å². The summed E-state index contributed by atoms with van der Waals surface area (Å²) >= 11 is 1.12. The molecule has 0 aliphatic rings. The molecule has 1 amide bonds. The van der Waals surface area contributed by atoms with Gasteiger partial charge in [-0.2, -0.15) is 0 Å². The lowest BCUT2D eigenvalue weighted by molar-refractivity contribution is -0.120. The molecule has 7 heteroatoms. The number of carbonyl (C=O) groups is 1. The molecule has 1 rings (SSSR count). The van der Waals surface area contributed by atoms with Crippen LogP contribution in [-0.4, -0.2) is 26.9 Å². The van der Waals surface area contributed by atoms with Crippen LogP contribution in [0.5, 0.6) is 0 Å². The Labute approximate surface area is 105 Å². The van der Waals surface area contributed by atoms with Gasteiger partial charge in [0.05, 0.1) is 6.54 Å². The van der Waals surface area contributed by atoms with Gasteiger partial charge in [0.25, 0.3) is 10.0 Å². The molecule has 0 spiro atoms. The lowest BCUT2D eigenvalue weighted by Crippen LogP contribution is -2.40. The Morgan fingerprint density at radius 2 is 2.24 bits per heavy atom. The van der Waals surface area contributed by atoms with E-state index in [2.05, 4.69) is 10.0 Å². The molecule has 1 heterocycles. The van der Waals surface area contributed by atoms with Gasteiger partial charge in [0.1, 0.15) is 4.21 Å². The molecule has 1 aromatic rings. The molecule has 5 nitrogen and oxygen atoms in total. The molecule has 0 bridgehead atoms. The van der Waals surface area contributed by atoms with Crippen molar-refractivity contribution in [3.05, 3.63) is 17.5 Å². The molecule has 0 fully saturated rings. The number of rotatable bonds is 6. The molecule has 1 atom stereocenters. The Morgan fingerprint density at radius 3 is 2.76 bits per heavy atom. The number of thiophene rings is 1. The van der Waals surface area contributed by atoms with Crippen molar-refractivity contribution in [1.82, 2.24) is 10.0 Å². The zero-order valence-corrected chi connectivity index (χ0v) is 11.4. The summed E-state index contributed by atoms with van der Waals surface area (Å²) in [6.07, 6.45) is 0.809. The first-order valence-electron chi connectivity index (χ1n) is 5.28. The van der Waals surface area contributed by atoms with Crippen LogP contribution in [0.3, 0.4) is 0 Å². The van der Waals surface area contributed by atoms with Crippen LogP contribution < -0.4 is 10.0 Å². The molecular weight excluding hydrogens is 260 g/mol. The monoisotopic (exact) mass is 276 g/mol. The van der Waals surface area contributed by atoms with Crippen LogP contribution in [0.25, 0.3) is 0 Å². The quantitative estimate of drug-likeness (QED) is 0.812. The molecule has 0 saturated carbocycles. The predicted molar refractivity (Wildman–Crippen MR) is 67.4 cm³/mol. The summed E-state index contributed by atoms with van der Waals surface area (Å²) in [5, 5.41) is 4.36. The SMILES string of the molecule is CC[C@@H](C)NC(=O)CNS(=O)(=O)c1cccs1. The van der Waals surface area contributed by atoms with E-state index in [1.807, 2.05) is 13.8 Å². The summed E-state index contributed by atoms with van der Waals surface area (Å²) in [6.45, 7) is 3.58. The van der Waals surface area contributed by atoms with Crippen LogP contribution in [-0.2, 0) is 14.8 Å². The van der Waals surface area contributed by atoms with Crippen LogP contribution in [0, 0.1) is 0 Å². The Bertz CT molecular complexity index is 454. The summed E-state index contributed by atoms with van der Waals surface area (Å²) in [5.41, 5.74) is 0. The van der Waals surface area contributed by atoms with E-state index < -0.39 is 10.0 Å². The average molecular weight is 276 g/mol. The fraction of sp³-hybridized carbons (Fsp3) is 0.500. The average Bonchev–Trinajstić information content (AvgIpc) is 2.80. The van der Waals surface area contributed by atoms with Gasteiger partial charge >= 0.3 is 0 Å². The smallest absolute Gasteiger partial charge is 0.250 e. The molecule has 1 aromatic heterocycles. The molecule has 0 aliphatic heterocycles. The van der Waals surface area contributed by atoms with E-state index in [1.165, 1.54) is 6.07 Å². The van der Waals surface area contributed by atoms with Gasteiger partial charge in [-0.25, -0.2) is 13.1 Å². The van der Waals surface area contributed by atoms with E-state index in [1.54, 1.807) is 11.4 Å². The maximum atomic E-state index is 11.7. The number of sulfonamides is 1. The first kappa shape index (κ1) is 14.1. The third-order valence-electron chi connectivity index (χ3n) is 2.20. The van der Waals surface area contributed by atoms with Gasteiger partial charge in [-0.15, -0.1) is 11.3 Å². The second kappa shape index (κ2) is 6.13. The van der Waals surface area contributed by atoms with Gasteiger partial charge < -0.3 is 5.32 Å². The van der Waals surface area contributed by atoms with E-state index in [-0.39, 0.29) is 22.7 Å². The molecule has 96 valence electrons. The maximum Gasteiger partial charge on any atom is 0.250 e. The zero-order valence-electron chi connectivity index (χ0n) is 9.76. The molecule has 0 unspecified atom stereocenters. The third kappa shape index (κ3) is 4.45. The summed E-state index contributed by atoms with van der Waals surface area (Å²) in [5.74, 6) is -0.320. The molecule has 2 N–H and O–H groups in total. The summed E-state index contributed by atoms with van der Waals surface area (Å²) < 4.78 is 25.8. The van der Waals surface area contributed by atoms with Gasteiger partial charge in [-0.1, -0.05) is 13.0 Å². The number of carbonyl (C=O) groups excluding carboxylic acids is 1. The number of amides is 1. The highest BCUT2D eigenvalue weighted by Crippen LogP contribution is 2.14.